The maximum atomic E-state index is 5.89. The van der Waals surface area contributed by atoms with Gasteiger partial charge in [-0.1, -0.05) is 60.7 Å². The number of nitrogens with zero attached hydrogens (tertiary/aromatic N) is 1. The van der Waals surface area contributed by atoms with Crippen LogP contribution in [0.1, 0.15) is 36.4 Å². The molecule has 0 aliphatic heterocycles. The highest BCUT2D eigenvalue weighted by molar-refractivity contribution is 5.21. The van der Waals surface area contributed by atoms with Crippen molar-refractivity contribution in [1.82, 2.24) is 4.90 Å². The fraction of sp³-hybridized carbons (Fsp3) is 0.368. The summed E-state index contributed by atoms with van der Waals surface area (Å²) in [5, 5.41) is 0. The minimum absolute atomic E-state index is 0.434. The predicted octanol–water partition coefficient (Wildman–Crippen LogP) is 3.74. The summed E-state index contributed by atoms with van der Waals surface area (Å²) in [5.74, 6) is 0. The molecule has 0 amide bonds. The van der Waals surface area contributed by atoms with Gasteiger partial charge in [0, 0.05) is 18.6 Å². The fourth-order valence-electron chi connectivity index (χ4n) is 3.05. The zero-order valence-corrected chi connectivity index (χ0v) is 12.5. The molecule has 1 fully saturated rings. The van der Waals surface area contributed by atoms with Gasteiger partial charge in [0.25, 0.3) is 0 Å². The molecule has 0 saturated heterocycles. The van der Waals surface area contributed by atoms with Crippen LogP contribution in [-0.4, -0.2) is 17.5 Å². The molecule has 2 aromatic rings. The topological polar surface area (TPSA) is 29.3 Å². The highest BCUT2D eigenvalue weighted by Gasteiger charge is 2.34. The molecule has 21 heavy (non-hydrogen) atoms. The normalized spacial score (nSPS) is 16.1. The summed E-state index contributed by atoms with van der Waals surface area (Å²) in [4.78, 5) is 2.65. The fourth-order valence-corrected chi connectivity index (χ4v) is 3.05. The highest BCUT2D eigenvalue weighted by Crippen LogP contribution is 2.37. The van der Waals surface area contributed by atoms with E-state index in [0.717, 1.165) is 25.6 Å². The van der Waals surface area contributed by atoms with Crippen molar-refractivity contribution in [3.8, 4) is 0 Å². The van der Waals surface area contributed by atoms with E-state index in [2.05, 4.69) is 65.6 Å². The van der Waals surface area contributed by atoms with Gasteiger partial charge in [-0.3, -0.25) is 4.90 Å². The van der Waals surface area contributed by atoms with Crippen LogP contribution in [0.15, 0.2) is 60.7 Å². The van der Waals surface area contributed by atoms with Crippen molar-refractivity contribution in [2.45, 2.75) is 37.9 Å². The molecule has 0 radical (unpaired) electrons. The third-order valence-electron chi connectivity index (χ3n) is 4.25. The Balaban J connectivity index is 1.83. The predicted molar refractivity (Wildman–Crippen MR) is 87.9 cm³/mol. The number of hydrogen-bond donors (Lipinski definition) is 1. The lowest BCUT2D eigenvalue weighted by molar-refractivity contribution is 0.170. The molecule has 0 heterocycles. The van der Waals surface area contributed by atoms with Crippen LogP contribution in [0.2, 0.25) is 0 Å². The van der Waals surface area contributed by atoms with Gasteiger partial charge in [-0.2, -0.15) is 0 Å². The van der Waals surface area contributed by atoms with Crippen LogP contribution in [0.5, 0.6) is 0 Å². The average molecular weight is 280 g/mol. The Labute approximate surface area is 127 Å². The maximum absolute atomic E-state index is 5.89. The Hall–Kier alpha value is -1.64. The van der Waals surface area contributed by atoms with Crippen LogP contribution in [0.25, 0.3) is 0 Å². The first-order chi connectivity index (χ1) is 10.4. The van der Waals surface area contributed by atoms with E-state index in [1.165, 1.54) is 24.0 Å². The monoisotopic (exact) mass is 280 g/mol. The van der Waals surface area contributed by atoms with E-state index in [-0.39, 0.29) is 0 Å². The molecule has 110 valence electrons. The minimum atomic E-state index is 0.434. The van der Waals surface area contributed by atoms with Crippen LogP contribution in [0.4, 0.5) is 0 Å². The van der Waals surface area contributed by atoms with Crippen LogP contribution < -0.4 is 5.73 Å². The molecule has 2 aromatic carbocycles. The first-order valence-corrected chi connectivity index (χ1v) is 7.93. The summed E-state index contributed by atoms with van der Waals surface area (Å²) in [5.41, 5.74) is 8.68. The SMILES string of the molecule is NCCC(c1ccccc1)N(Cc1ccccc1)C1CC1. The van der Waals surface area contributed by atoms with E-state index in [1.54, 1.807) is 0 Å². The van der Waals surface area contributed by atoms with Crippen LogP contribution in [-0.2, 0) is 6.54 Å². The van der Waals surface area contributed by atoms with E-state index in [9.17, 15) is 0 Å². The van der Waals surface area contributed by atoms with Crippen molar-refractivity contribution in [1.29, 1.82) is 0 Å². The van der Waals surface area contributed by atoms with E-state index >= 15 is 0 Å². The second-order valence-corrected chi connectivity index (χ2v) is 5.89. The number of benzene rings is 2. The zero-order chi connectivity index (χ0) is 14.5. The molecule has 1 aliphatic rings. The molecule has 1 atom stereocenters. The van der Waals surface area contributed by atoms with Crippen molar-refractivity contribution in [3.63, 3.8) is 0 Å². The molecular formula is C19H24N2. The lowest BCUT2D eigenvalue weighted by Crippen LogP contribution is -2.32. The summed E-state index contributed by atoms with van der Waals surface area (Å²) >= 11 is 0. The standard InChI is InChI=1S/C19H24N2/c20-14-13-19(17-9-5-2-6-10-17)21(18-11-12-18)15-16-7-3-1-4-8-16/h1-10,18-19H,11-15,20H2. The molecule has 2 nitrogen and oxygen atoms in total. The van der Waals surface area contributed by atoms with Crippen molar-refractivity contribution in [2.24, 2.45) is 5.73 Å². The maximum Gasteiger partial charge on any atom is 0.0366 e. The molecule has 0 bridgehead atoms. The Morgan fingerprint density at radius 3 is 2.14 bits per heavy atom. The van der Waals surface area contributed by atoms with Gasteiger partial charge < -0.3 is 5.73 Å². The summed E-state index contributed by atoms with van der Waals surface area (Å²) in [7, 11) is 0. The second kappa shape index (κ2) is 6.88. The average Bonchev–Trinajstić information content (AvgIpc) is 3.37. The van der Waals surface area contributed by atoms with Gasteiger partial charge in [0.2, 0.25) is 0 Å². The van der Waals surface area contributed by atoms with Crippen molar-refractivity contribution in [2.75, 3.05) is 6.54 Å². The summed E-state index contributed by atoms with van der Waals surface area (Å²) in [6, 6.07) is 22.8. The molecule has 1 aliphatic carbocycles. The van der Waals surface area contributed by atoms with Crippen LogP contribution in [0.3, 0.4) is 0 Å². The van der Waals surface area contributed by atoms with Crippen molar-refractivity contribution >= 4 is 0 Å². The van der Waals surface area contributed by atoms with Gasteiger partial charge >= 0.3 is 0 Å². The first kappa shape index (κ1) is 14.3. The molecule has 2 N–H and O–H groups in total. The lowest BCUT2D eigenvalue weighted by atomic mass is 10.0. The quantitative estimate of drug-likeness (QED) is 0.837. The summed E-state index contributed by atoms with van der Waals surface area (Å²) in [6.45, 7) is 1.75. The molecule has 3 rings (SSSR count). The Morgan fingerprint density at radius 2 is 1.57 bits per heavy atom. The number of rotatable bonds is 7. The number of nitrogens with two attached hydrogens (primary N) is 1. The highest BCUT2D eigenvalue weighted by atomic mass is 15.2. The van der Waals surface area contributed by atoms with Gasteiger partial charge in [0.1, 0.15) is 0 Å². The molecule has 2 heteroatoms. The first-order valence-electron chi connectivity index (χ1n) is 7.93. The smallest absolute Gasteiger partial charge is 0.0366 e. The largest absolute Gasteiger partial charge is 0.330 e. The Morgan fingerprint density at radius 1 is 0.952 bits per heavy atom. The Bertz CT molecular complexity index is 534. The van der Waals surface area contributed by atoms with Gasteiger partial charge in [0.15, 0.2) is 0 Å². The van der Waals surface area contributed by atoms with Crippen molar-refractivity contribution < 1.29 is 0 Å². The van der Waals surface area contributed by atoms with Gasteiger partial charge in [-0.25, -0.2) is 0 Å². The van der Waals surface area contributed by atoms with Gasteiger partial charge in [-0.15, -0.1) is 0 Å². The van der Waals surface area contributed by atoms with E-state index in [4.69, 9.17) is 5.73 Å². The van der Waals surface area contributed by atoms with Gasteiger partial charge in [-0.05, 0) is 36.9 Å². The lowest BCUT2D eigenvalue weighted by Gasteiger charge is -2.32. The van der Waals surface area contributed by atoms with Crippen molar-refractivity contribution in [3.05, 3.63) is 71.8 Å². The summed E-state index contributed by atoms with van der Waals surface area (Å²) < 4.78 is 0. The molecule has 1 unspecified atom stereocenters. The minimum Gasteiger partial charge on any atom is -0.330 e. The van der Waals surface area contributed by atoms with E-state index in [1.807, 2.05) is 0 Å². The van der Waals surface area contributed by atoms with Gasteiger partial charge in [0.05, 0.1) is 0 Å². The third-order valence-corrected chi connectivity index (χ3v) is 4.25. The zero-order valence-electron chi connectivity index (χ0n) is 12.5. The molecular weight excluding hydrogens is 256 g/mol. The van der Waals surface area contributed by atoms with Crippen LogP contribution in [0, 0.1) is 0 Å². The Kier molecular flexibility index (Phi) is 4.69. The molecule has 1 saturated carbocycles. The number of hydrogen-bond acceptors (Lipinski definition) is 2. The van der Waals surface area contributed by atoms with E-state index < -0.39 is 0 Å². The molecule has 0 spiro atoms. The molecule has 0 aromatic heterocycles. The van der Waals surface area contributed by atoms with E-state index in [0.29, 0.717) is 6.04 Å². The third kappa shape index (κ3) is 3.72. The van der Waals surface area contributed by atoms with Crippen LogP contribution >= 0.6 is 0 Å². The summed E-state index contributed by atoms with van der Waals surface area (Å²) in [6.07, 6.45) is 3.66. The second-order valence-electron chi connectivity index (χ2n) is 5.89.